The Labute approximate surface area is 129 Å². The van der Waals surface area contributed by atoms with Crippen LogP contribution in [0.5, 0.6) is 0 Å². The fourth-order valence-corrected chi connectivity index (χ4v) is 4.64. The molecule has 3 nitrogen and oxygen atoms in total. The molecule has 5 unspecified atom stereocenters. The normalized spacial score (nSPS) is 36.6. The molecule has 2 saturated carbocycles. The van der Waals surface area contributed by atoms with Gasteiger partial charge in [0.1, 0.15) is 0 Å². The van der Waals surface area contributed by atoms with Crippen LogP contribution >= 0.6 is 12.4 Å². The minimum atomic E-state index is 0. The molecule has 1 aliphatic heterocycles. The highest BCUT2D eigenvalue weighted by Gasteiger charge is 2.42. The van der Waals surface area contributed by atoms with Crippen LogP contribution < -0.4 is 10.6 Å². The van der Waals surface area contributed by atoms with Crippen LogP contribution in [0.15, 0.2) is 0 Å². The summed E-state index contributed by atoms with van der Waals surface area (Å²) in [6.45, 7) is 4.46. The van der Waals surface area contributed by atoms with E-state index in [2.05, 4.69) is 17.6 Å². The van der Waals surface area contributed by atoms with Crippen molar-refractivity contribution in [2.24, 2.45) is 23.7 Å². The largest absolute Gasteiger partial charge is 0.353 e. The van der Waals surface area contributed by atoms with Gasteiger partial charge in [-0.05, 0) is 75.8 Å². The predicted molar refractivity (Wildman–Crippen MR) is 84.0 cm³/mol. The SMILES string of the molecule is CC(NC(=O)CCC1CCNC1)C1CC2CCC1C2.Cl. The van der Waals surface area contributed by atoms with Crippen molar-refractivity contribution in [3.63, 3.8) is 0 Å². The fraction of sp³-hybridized carbons (Fsp3) is 0.938. The van der Waals surface area contributed by atoms with Gasteiger partial charge in [-0.15, -0.1) is 12.4 Å². The monoisotopic (exact) mass is 300 g/mol. The quantitative estimate of drug-likeness (QED) is 0.820. The minimum Gasteiger partial charge on any atom is -0.353 e. The summed E-state index contributed by atoms with van der Waals surface area (Å²) in [4.78, 5) is 12.0. The van der Waals surface area contributed by atoms with Gasteiger partial charge in [-0.3, -0.25) is 4.79 Å². The molecular weight excluding hydrogens is 272 g/mol. The van der Waals surface area contributed by atoms with Crippen LogP contribution in [0.2, 0.25) is 0 Å². The summed E-state index contributed by atoms with van der Waals surface area (Å²) in [6.07, 6.45) is 8.66. The smallest absolute Gasteiger partial charge is 0.220 e. The number of fused-ring (bicyclic) bond motifs is 2. The molecule has 0 aromatic carbocycles. The highest BCUT2D eigenvalue weighted by atomic mass is 35.5. The van der Waals surface area contributed by atoms with E-state index >= 15 is 0 Å². The van der Waals surface area contributed by atoms with Gasteiger partial charge >= 0.3 is 0 Å². The van der Waals surface area contributed by atoms with Crippen molar-refractivity contribution >= 4 is 18.3 Å². The van der Waals surface area contributed by atoms with E-state index in [1.54, 1.807) is 0 Å². The van der Waals surface area contributed by atoms with E-state index < -0.39 is 0 Å². The van der Waals surface area contributed by atoms with Crippen molar-refractivity contribution in [3.8, 4) is 0 Å². The highest BCUT2D eigenvalue weighted by molar-refractivity contribution is 5.85. The first kappa shape index (κ1) is 16.1. The Morgan fingerprint density at radius 2 is 2.15 bits per heavy atom. The fourth-order valence-electron chi connectivity index (χ4n) is 4.64. The number of carbonyl (C=O) groups is 1. The van der Waals surface area contributed by atoms with Crippen LogP contribution in [0.4, 0.5) is 0 Å². The summed E-state index contributed by atoms with van der Waals surface area (Å²) in [5, 5.41) is 6.64. The molecule has 4 heteroatoms. The first-order chi connectivity index (χ1) is 9.22. The van der Waals surface area contributed by atoms with E-state index in [1.165, 1.54) is 32.1 Å². The van der Waals surface area contributed by atoms with Crippen LogP contribution in [-0.4, -0.2) is 25.0 Å². The molecule has 1 saturated heterocycles. The zero-order valence-electron chi connectivity index (χ0n) is 12.6. The Morgan fingerprint density at radius 1 is 1.30 bits per heavy atom. The number of amides is 1. The standard InChI is InChI=1S/C16H28N2O.ClH/c1-11(15-9-13-2-4-14(15)8-13)18-16(19)5-3-12-6-7-17-10-12;/h11-15,17H,2-10H2,1H3,(H,18,19);1H. The topological polar surface area (TPSA) is 41.1 Å². The van der Waals surface area contributed by atoms with Gasteiger partial charge in [0.25, 0.3) is 0 Å². The molecule has 116 valence electrons. The molecule has 3 rings (SSSR count). The second-order valence-electron chi connectivity index (χ2n) is 7.09. The van der Waals surface area contributed by atoms with Crippen molar-refractivity contribution in [2.45, 2.75) is 57.9 Å². The molecule has 0 radical (unpaired) electrons. The van der Waals surface area contributed by atoms with Crippen LogP contribution in [0, 0.1) is 23.7 Å². The molecule has 3 fully saturated rings. The Kier molecular flexibility index (Phi) is 5.74. The van der Waals surface area contributed by atoms with E-state index in [0.29, 0.717) is 6.04 Å². The number of carbonyl (C=O) groups excluding carboxylic acids is 1. The summed E-state index contributed by atoms with van der Waals surface area (Å²) < 4.78 is 0. The number of hydrogen-bond acceptors (Lipinski definition) is 2. The van der Waals surface area contributed by atoms with Crippen LogP contribution in [0.25, 0.3) is 0 Å². The van der Waals surface area contributed by atoms with Gasteiger partial charge in [-0.2, -0.15) is 0 Å². The average molecular weight is 301 g/mol. The Hall–Kier alpha value is -0.280. The van der Waals surface area contributed by atoms with Gasteiger partial charge in [0.15, 0.2) is 0 Å². The maximum Gasteiger partial charge on any atom is 0.220 e. The number of nitrogens with one attached hydrogen (secondary N) is 2. The molecule has 2 bridgehead atoms. The van der Waals surface area contributed by atoms with Gasteiger partial charge in [-0.25, -0.2) is 0 Å². The molecule has 0 aromatic rings. The van der Waals surface area contributed by atoms with Crippen molar-refractivity contribution in [1.29, 1.82) is 0 Å². The molecule has 2 N–H and O–H groups in total. The Morgan fingerprint density at radius 3 is 2.75 bits per heavy atom. The molecular formula is C16H29ClN2O. The number of hydrogen-bond donors (Lipinski definition) is 2. The lowest BCUT2D eigenvalue weighted by Gasteiger charge is -2.28. The third-order valence-corrected chi connectivity index (χ3v) is 5.77. The third-order valence-electron chi connectivity index (χ3n) is 5.77. The molecule has 2 aliphatic carbocycles. The lowest BCUT2D eigenvalue weighted by atomic mass is 9.84. The molecule has 3 aliphatic rings. The summed E-state index contributed by atoms with van der Waals surface area (Å²) >= 11 is 0. The van der Waals surface area contributed by atoms with E-state index in [-0.39, 0.29) is 18.3 Å². The second-order valence-corrected chi connectivity index (χ2v) is 7.09. The Balaban J connectivity index is 0.00000147. The van der Waals surface area contributed by atoms with Crippen molar-refractivity contribution in [2.75, 3.05) is 13.1 Å². The lowest BCUT2D eigenvalue weighted by Crippen LogP contribution is -2.40. The lowest BCUT2D eigenvalue weighted by molar-refractivity contribution is -0.122. The van der Waals surface area contributed by atoms with E-state index in [1.807, 2.05) is 0 Å². The van der Waals surface area contributed by atoms with Gasteiger partial charge < -0.3 is 10.6 Å². The highest BCUT2D eigenvalue weighted by Crippen LogP contribution is 2.49. The van der Waals surface area contributed by atoms with Crippen molar-refractivity contribution in [3.05, 3.63) is 0 Å². The maximum atomic E-state index is 12.0. The van der Waals surface area contributed by atoms with E-state index in [9.17, 15) is 4.79 Å². The molecule has 0 spiro atoms. The predicted octanol–water partition coefficient (Wildman–Crippen LogP) is 2.74. The summed E-state index contributed by atoms with van der Waals surface area (Å²) in [5.74, 6) is 3.64. The van der Waals surface area contributed by atoms with E-state index in [0.717, 1.165) is 49.6 Å². The van der Waals surface area contributed by atoms with Crippen LogP contribution in [0.3, 0.4) is 0 Å². The summed E-state index contributed by atoms with van der Waals surface area (Å²) in [6, 6.07) is 0.393. The molecule has 0 aromatic heterocycles. The van der Waals surface area contributed by atoms with Crippen LogP contribution in [-0.2, 0) is 4.79 Å². The number of rotatable bonds is 5. The van der Waals surface area contributed by atoms with Gasteiger partial charge in [0.2, 0.25) is 5.91 Å². The average Bonchev–Trinajstić information content (AvgIpc) is 3.13. The first-order valence-corrected chi connectivity index (χ1v) is 8.22. The maximum absolute atomic E-state index is 12.0. The van der Waals surface area contributed by atoms with Gasteiger partial charge in [0, 0.05) is 12.5 Å². The molecule has 5 atom stereocenters. The van der Waals surface area contributed by atoms with Crippen molar-refractivity contribution in [1.82, 2.24) is 10.6 Å². The van der Waals surface area contributed by atoms with Crippen molar-refractivity contribution < 1.29 is 4.79 Å². The molecule has 20 heavy (non-hydrogen) atoms. The molecule has 1 heterocycles. The Bertz CT molecular complexity index is 330. The second kappa shape index (κ2) is 7.13. The number of halogens is 1. The minimum absolute atomic E-state index is 0. The van der Waals surface area contributed by atoms with Crippen LogP contribution in [0.1, 0.15) is 51.9 Å². The molecule has 1 amide bonds. The third kappa shape index (κ3) is 3.67. The zero-order valence-corrected chi connectivity index (χ0v) is 13.4. The summed E-state index contributed by atoms with van der Waals surface area (Å²) in [7, 11) is 0. The first-order valence-electron chi connectivity index (χ1n) is 8.22. The summed E-state index contributed by atoms with van der Waals surface area (Å²) in [5.41, 5.74) is 0. The van der Waals surface area contributed by atoms with Gasteiger partial charge in [0.05, 0.1) is 0 Å². The van der Waals surface area contributed by atoms with Gasteiger partial charge in [-0.1, -0.05) is 6.42 Å². The van der Waals surface area contributed by atoms with E-state index in [4.69, 9.17) is 0 Å². The zero-order chi connectivity index (χ0) is 13.2.